The van der Waals surface area contributed by atoms with Crippen LogP contribution in [0.5, 0.6) is 5.75 Å². The summed E-state index contributed by atoms with van der Waals surface area (Å²) in [6.45, 7) is 1.13. The van der Waals surface area contributed by atoms with Crippen LogP contribution >= 0.6 is 0 Å². The Morgan fingerprint density at radius 3 is 2.67 bits per heavy atom. The molecule has 0 aliphatic carbocycles. The molecule has 3 N–H and O–H groups in total. The number of amides is 1. The number of rotatable bonds is 5. The van der Waals surface area contributed by atoms with Crippen LogP contribution < -0.4 is 10.1 Å². The summed E-state index contributed by atoms with van der Waals surface area (Å²) < 4.78 is 18.4. The minimum absolute atomic E-state index is 0.0475. The summed E-state index contributed by atoms with van der Waals surface area (Å²) >= 11 is 0. The maximum absolute atomic E-state index is 13.6. The van der Waals surface area contributed by atoms with Crippen LogP contribution in [0.1, 0.15) is 18.6 Å². The molecule has 6 heteroatoms. The largest absolute Gasteiger partial charge is 0.497 e. The number of carbonyl (C=O) groups excluding carboxylic acids is 1. The third kappa shape index (κ3) is 3.68. The molecule has 2 atom stereocenters. The van der Waals surface area contributed by atoms with Gasteiger partial charge >= 0.3 is 0 Å². The van der Waals surface area contributed by atoms with Gasteiger partial charge in [-0.3, -0.25) is 4.79 Å². The topological polar surface area (TPSA) is 78.8 Å². The molecule has 18 heavy (non-hydrogen) atoms. The van der Waals surface area contributed by atoms with Gasteiger partial charge in [0.1, 0.15) is 23.8 Å². The molecule has 0 saturated carbocycles. The molecule has 0 saturated heterocycles. The molecule has 100 valence electrons. The van der Waals surface area contributed by atoms with Gasteiger partial charge in [0.15, 0.2) is 0 Å². The molecule has 5 nitrogen and oxygen atoms in total. The smallest absolute Gasteiger partial charge is 0.216 e. The zero-order valence-corrected chi connectivity index (χ0v) is 10.2. The number of benzene rings is 1. The molecule has 0 spiro atoms. The van der Waals surface area contributed by atoms with Crippen LogP contribution in [0, 0.1) is 5.82 Å². The van der Waals surface area contributed by atoms with Crippen LogP contribution in [0.15, 0.2) is 18.2 Å². The van der Waals surface area contributed by atoms with Crippen molar-refractivity contribution in [2.45, 2.75) is 19.1 Å². The Morgan fingerprint density at radius 2 is 2.17 bits per heavy atom. The molecule has 1 aromatic rings. The Kier molecular flexibility index (Phi) is 5.06. The first-order valence-corrected chi connectivity index (χ1v) is 5.39. The van der Waals surface area contributed by atoms with E-state index < -0.39 is 18.0 Å². The number of carbonyl (C=O) groups is 1. The first kappa shape index (κ1) is 14.4. The van der Waals surface area contributed by atoms with Gasteiger partial charge in [-0.15, -0.1) is 0 Å². The summed E-state index contributed by atoms with van der Waals surface area (Å²) in [5, 5.41) is 21.7. The van der Waals surface area contributed by atoms with Gasteiger partial charge in [0.05, 0.1) is 7.11 Å². The standard InChI is InChI=1S/C12H16FNO4/c1-7(15)14-6-11(16)12(17)9-4-3-8(18-2)5-10(9)13/h3-5,11-12,16-17H,6H2,1-2H3,(H,14,15). The monoisotopic (exact) mass is 257 g/mol. The summed E-state index contributed by atoms with van der Waals surface area (Å²) in [4.78, 5) is 10.7. The van der Waals surface area contributed by atoms with E-state index in [4.69, 9.17) is 4.74 Å². The SMILES string of the molecule is COc1ccc(C(O)C(O)CNC(C)=O)c(F)c1. The molecule has 1 amide bonds. The predicted octanol–water partition coefficient (Wildman–Crippen LogP) is 0.365. The average Bonchev–Trinajstić information content (AvgIpc) is 2.34. The van der Waals surface area contributed by atoms with E-state index in [-0.39, 0.29) is 18.0 Å². The zero-order chi connectivity index (χ0) is 13.7. The fraction of sp³-hybridized carbons (Fsp3) is 0.417. The van der Waals surface area contributed by atoms with Crippen molar-refractivity contribution in [3.8, 4) is 5.75 Å². The number of halogens is 1. The molecule has 1 rings (SSSR count). The zero-order valence-electron chi connectivity index (χ0n) is 10.2. The second kappa shape index (κ2) is 6.32. The second-order valence-corrected chi connectivity index (χ2v) is 3.84. The maximum Gasteiger partial charge on any atom is 0.216 e. The molecule has 1 aromatic carbocycles. The van der Waals surface area contributed by atoms with E-state index in [1.54, 1.807) is 0 Å². The van der Waals surface area contributed by atoms with Gasteiger partial charge in [-0.2, -0.15) is 0 Å². The summed E-state index contributed by atoms with van der Waals surface area (Å²) in [5.41, 5.74) is -0.0475. The number of aliphatic hydroxyl groups excluding tert-OH is 2. The van der Waals surface area contributed by atoms with E-state index in [9.17, 15) is 19.4 Å². The van der Waals surface area contributed by atoms with E-state index in [0.29, 0.717) is 5.75 Å². The van der Waals surface area contributed by atoms with Gasteiger partial charge in [-0.05, 0) is 12.1 Å². The third-order valence-corrected chi connectivity index (χ3v) is 2.45. The summed E-state index contributed by atoms with van der Waals surface area (Å²) in [6, 6.07) is 3.92. The molecule has 0 radical (unpaired) electrons. The molecule has 0 heterocycles. The Hall–Kier alpha value is -1.66. The molecule has 0 bridgehead atoms. The van der Waals surface area contributed by atoms with E-state index in [0.717, 1.165) is 6.07 Å². The Labute approximate surface area is 104 Å². The van der Waals surface area contributed by atoms with Gasteiger partial charge in [0.2, 0.25) is 5.91 Å². The first-order valence-electron chi connectivity index (χ1n) is 5.39. The fourth-order valence-corrected chi connectivity index (χ4v) is 1.44. The van der Waals surface area contributed by atoms with Gasteiger partial charge < -0.3 is 20.3 Å². The Balaban J connectivity index is 2.76. The molecule has 0 aliphatic heterocycles. The van der Waals surface area contributed by atoms with Crippen molar-refractivity contribution in [2.24, 2.45) is 0 Å². The van der Waals surface area contributed by atoms with Crippen LogP contribution in [0.2, 0.25) is 0 Å². The highest BCUT2D eigenvalue weighted by Gasteiger charge is 2.21. The highest BCUT2D eigenvalue weighted by Crippen LogP contribution is 2.23. The lowest BCUT2D eigenvalue weighted by atomic mass is 10.0. The molecular formula is C12H16FNO4. The highest BCUT2D eigenvalue weighted by atomic mass is 19.1. The van der Waals surface area contributed by atoms with Gasteiger partial charge in [-0.1, -0.05) is 0 Å². The van der Waals surface area contributed by atoms with Gasteiger partial charge in [0.25, 0.3) is 0 Å². The van der Waals surface area contributed by atoms with Crippen LogP contribution in [0.4, 0.5) is 4.39 Å². The number of hydrogen-bond donors (Lipinski definition) is 3. The highest BCUT2D eigenvalue weighted by molar-refractivity contribution is 5.72. The van der Waals surface area contributed by atoms with Crippen molar-refractivity contribution in [3.63, 3.8) is 0 Å². The van der Waals surface area contributed by atoms with Crippen molar-refractivity contribution < 1.29 is 24.1 Å². The summed E-state index contributed by atoms with van der Waals surface area (Å²) in [7, 11) is 1.40. The quantitative estimate of drug-likeness (QED) is 0.712. The summed E-state index contributed by atoms with van der Waals surface area (Å²) in [6.07, 6.45) is -2.69. The van der Waals surface area contributed by atoms with Gasteiger partial charge in [-0.25, -0.2) is 4.39 Å². The van der Waals surface area contributed by atoms with Crippen molar-refractivity contribution >= 4 is 5.91 Å². The minimum atomic E-state index is -1.41. The van der Waals surface area contributed by atoms with Crippen LogP contribution in [-0.4, -0.2) is 35.9 Å². The number of ether oxygens (including phenoxy) is 1. The predicted molar refractivity (Wildman–Crippen MR) is 62.6 cm³/mol. The lowest BCUT2D eigenvalue weighted by Crippen LogP contribution is -2.34. The minimum Gasteiger partial charge on any atom is -0.497 e. The molecular weight excluding hydrogens is 241 g/mol. The van der Waals surface area contributed by atoms with E-state index in [2.05, 4.69) is 5.32 Å². The second-order valence-electron chi connectivity index (χ2n) is 3.84. The Bertz CT molecular complexity index is 425. The number of methoxy groups -OCH3 is 1. The van der Waals surface area contributed by atoms with E-state index >= 15 is 0 Å². The van der Waals surface area contributed by atoms with Crippen molar-refractivity contribution in [3.05, 3.63) is 29.6 Å². The maximum atomic E-state index is 13.6. The van der Waals surface area contributed by atoms with Crippen molar-refractivity contribution in [1.29, 1.82) is 0 Å². The van der Waals surface area contributed by atoms with Crippen LogP contribution in [0.25, 0.3) is 0 Å². The first-order chi connectivity index (χ1) is 8.45. The van der Waals surface area contributed by atoms with Gasteiger partial charge in [0, 0.05) is 25.1 Å². The lowest BCUT2D eigenvalue weighted by molar-refractivity contribution is -0.119. The molecule has 2 unspecified atom stereocenters. The van der Waals surface area contributed by atoms with Crippen LogP contribution in [-0.2, 0) is 4.79 Å². The average molecular weight is 257 g/mol. The molecule has 0 fully saturated rings. The molecule has 0 aromatic heterocycles. The van der Waals surface area contributed by atoms with E-state index in [1.165, 1.54) is 26.2 Å². The fourth-order valence-electron chi connectivity index (χ4n) is 1.44. The number of hydrogen-bond acceptors (Lipinski definition) is 4. The lowest BCUT2D eigenvalue weighted by Gasteiger charge is -2.19. The number of nitrogens with one attached hydrogen (secondary N) is 1. The Morgan fingerprint density at radius 1 is 1.50 bits per heavy atom. The molecule has 0 aliphatic rings. The van der Waals surface area contributed by atoms with Crippen LogP contribution in [0.3, 0.4) is 0 Å². The summed E-state index contributed by atoms with van der Waals surface area (Å²) in [5.74, 6) is -0.694. The number of aliphatic hydroxyl groups is 2. The van der Waals surface area contributed by atoms with E-state index in [1.807, 2.05) is 0 Å². The third-order valence-electron chi connectivity index (χ3n) is 2.45. The normalized spacial score (nSPS) is 13.8. The van der Waals surface area contributed by atoms with Crippen molar-refractivity contribution in [1.82, 2.24) is 5.32 Å². The van der Waals surface area contributed by atoms with Crippen molar-refractivity contribution in [2.75, 3.05) is 13.7 Å².